The number of H-pyrrole nitrogens is 2. The van der Waals surface area contributed by atoms with Gasteiger partial charge in [0.25, 0.3) is 5.56 Å². The number of aliphatic carboxylic acids is 1. The van der Waals surface area contributed by atoms with E-state index >= 15 is 0 Å². The van der Waals surface area contributed by atoms with Gasteiger partial charge in [-0.1, -0.05) is 0 Å². The minimum absolute atomic E-state index is 0.166. The molecule has 2 aromatic rings. The molecular formula is C9H7F3N4O3. The molecule has 2 aromatic heterocycles. The molecule has 0 spiro atoms. The van der Waals surface area contributed by atoms with Crippen molar-refractivity contribution < 1.29 is 23.1 Å². The summed E-state index contributed by atoms with van der Waals surface area (Å²) in [6.45, 7) is 0. The molecule has 0 aliphatic rings. The monoisotopic (exact) mass is 276 g/mol. The van der Waals surface area contributed by atoms with E-state index in [0.29, 0.717) is 5.69 Å². The maximum atomic E-state index is 10.9. The van der Waals surface area contributed by atoms with Crippen LogP contribution in [-0.2, 0) is 4.79 Å². The van der Waals surface area contributed by atoms with Gasteiger partial charge in [-0.25, -0.2) is 9.78 Å². The van der Waals surface area contributed by atoms with Crippen LogP contribution in [0.15, 0.2) is 29.6 Å². The normalized spacial score (nSPS) is 10.5. The zero-order chi connectivity index (χ0) is 14.5. The molecule has 102 valence electrons. The number of alkyl halides is 3. The highest BCUT2D eigenvalue weighted by Crippen LogP contribution is 2.13. The maximum Gasteiger partial charge on any atom is 0.490 e. The number of aromatic amines is 2. The smallest absolute Gasteiger partial charge is 0.475 e. The van der Waals surface area contributed by atoms with Gasteiger partial charge in [-0.05, 0) is 0 Å². The summed E-state index contributed by atoms with van der Waals surface area (Å²) in [5.74, 6) is -2.76. The van der Waals surface area contributed by atoms with Gasteiger partial charge in [0.15, 0.2) is 0 Å². The predicted octanol–water partition coefficient (Wildman–Crippen LogP) is 0.793. The van der Waals surface area contributed by atoms with Gasteiger partial charge in [-0.15, -0.1) is 0 Å². The van der Waals surface area contributed by atoms with Crippen molar-refractivity contribution in [3.05, 3.63) is 35.1 Å². The fourth-order valence-electron chi connectivity index (χ4n) is 0.917. The first-order chi connectivity index (χ1) is 8.80. The molecule has 7 nitrogen and oxygen atoms in total. The van der Waals surface area contributed by atoms with Crippen LogP contribution in [0, 0.1) is 0 Å². The summed E-state index contributed by atoms with van der Waals surface area (Å²) in [5, 5.41) is 13.5. The molecule has 0 saturated heterocycles. The Bertz CT molecular complexity index is 591. The van der Waals surface area contributed by atoms with Gasteiger partial charge in [0, 0.05) is 17.8 Å². The van der Waals surface area contributed by atoms with Crippen molar-refractivity contribution >= 4 is 5.97 Å². The molecule has 0 bridgehead atoms. The lowest BCUT2D eigenvalue weighted by Crippen LogP contribution is -2.21. The lowest BCUT2D eigenvalue weighted by Gasteiger charge is -1.93. The molecule has 0 aliphatic heterocycles. The summed E-state index contributed by atoms with van der Waals surface area (Å²) in [5.41, 5.74) is 1.26. The minimum atomic E-state index is -5.08. The van der Waals surface area contributed by atoms with Crippen molar-refractivity contribution in [2.45, 2.75) is 6.18 Å². The van der Waals surface area contributed by atoms with E-state index in [-0.39, 0.29) is 5.56 Å². The second-order valence-electron chi connectivity index (χ2n) is 3.09. The average Bonchev–Trinajstić information content (AvgIpc) is 2.81. The Balaban J connectivity index is 0.000000224. The minimum Gasteiger partial charge on any atom is -0.475 e. The zero-order valence-electron chi connectivity index (χ0n) is 9.10. The van der Waals surface area contributed by atoms with Crippen molar-refractivity contribution in [1.82, 2.24) is 20.2 Å². The van der Waals surface area contributed by atoms with E-state index < -0.39 is 12.1 Å². The van der Waals surface area contributed by atoms with Crippen LogP contribution < -0.4 is 5.56 Å². The standard InChI is InChI=1S/C7H6N4O.C2HF3O2/c12-7-1-6(8-4-9-7)5-2-10-11-3-5;3-2(4,5)1(6)7/h1-4H,(H,10,11)(H,8,9,12);(H,6,7). The Kier molecular flexibility index (Phi) is 4.40. The average molecular weight is 276 g/mol. The van der Waals surface area contributed by atoms with Crippen molar-refractivity contribution in [2.24, 2.45) is 0 Å². The number of aromatic nitrogens is 4. The van der Waals surface area contributed by atoms with Crippen LogP contribution in [0.2, 0.25) is 0 Å². The van der Waals surface area contributed by atoms with Crippen molar-refractivity contribution in [1.29, 1.82) is 0 Å². The van der Waals surface area contributed by atoms with E-state index in [1.165, 1.54) is 12.4 Å². The number of carbonyl (C=O) groups is 1. The molecule has 10 heteroatoms. The second-order valence-corrected chi connectivity index (χ2v) is 3.09. The highest BCUT2D eigenvalue weighted by atomic mass is 19.4. The molecule has 0 fully saturated rings. The molecule has 0 unspecified atom stereocenters. The second kappa shape index (κ2) is 5.80. The molecule has 2 rings (SSSR count). The van der Waals surface area contributed by atoms with Crippen LogP contribution in [0.5, 0.6) is 0 Å². The number of carboxylic acid groups (broad SMARTS) is 1. The first-order valence-electron chi connectivity index (χ1n) is 4.64. The highest BCUT2D eigenvalue weighted by molar-refractivity contribution is 5.73. The van der Waals surface area contributed by atoms with E-state index in [4.69, 9.17) is 9.90 Å². The number of rotatable bonds is 1. The van der Waals surface area contributed by atoms with Gasteiger partial charge < -0.3 is 10.1 Å². The number of hydrogen-bond donors (Lipinski definition) is 3. The first-order valence-corrected chi connectivity index (χ1v) is 4.64. The van der Waals surface area contributed by atoms with Crippen LogP contribution in [0.25, 0.3) is 11.3 Å². The van der Waals surface area contributed by atoms with E-state index in [0.717, 1.165) is 5.56 Å². The van der Waals surface area contributed by atoms with Gasteiger partial charge in [0.1, 0.15) is 0 Å². The van der Waals surface area contributed by atoms with Gasteiger partial charge in [0.05, 0.1) is 18.2 Å². The Morgan fingerprint density at radius 1 is 1.37 bits per heavy atom. The molecule has 3 N–H and O–H groups in total. The third-order valence-electron chi connectivity index (χ3n) is 1.71. The number of carboxylic acids is 1. The largest absolute Gasteiger partial charge is 0.490 e. The van der Waals surface area contributed by atoms with E-state index in [1.807, 2.05) is 0 Å². The number of nitrogens with zero attached hydrogens (tertiary/aromatic N) is 2. The fourth-order valence-corrected chi connectivity index (χ4v) is 0.917. The molecule has 0 aliphatic carbocycles. The summed E-state index contributed by atoms with van der Waals surface area (Å²) >= 11 is 0. The Hall–Kier alpha value is -2.65. The van der Waals surface area contributed by atoms with E-state index in [9.17, 15) is 18.0 Å². The molecular weight excluding hydrogens is 269 g/mol. The van der Waals surface area contributed by atoms with Gasteiger partial charge in [-0.2, -0.15) is 18.3 Å². The van der Waals surface area contributed by atoms with Gasteiger partial charge >= 0.3 is 12.1 Å². The molecule has 19 heavy (non-hydrogen) atoms. The Morgan fingerprint density at radius 3 is 2.42 bits per heavy atom. The Morgan fingerprint density at radius 2 is 2.00 bits per heavy atom. The molecule has 0 atom stereocenters. The summed E-state index contributed by atoms with van der Waals surface area (Å²) in [4.78, 5) is 26.2. The topological polar surface area (TPSA) is 112 Å². The number of nitrogens with one attached hydrogen (secondary N) is 2. The quantitative estimate of drug-likeness (QED) is 0.713. The van der Waals surface area contributed by atoms with Crippen LogP contribution in [0.3, 0.4) is 0 Å². The van der Waals surface area contributed by atoms with E-state index in [1.54, 1.807) is 12.4 Å². The van der Waals surface area contributed by atoms with Crippen LogP contribution in [0.4, 0.5) is 13.2 Å². The molecule has 2 heterocycles. The molecule has 0 saturated carbocycles. The summed E-state index contributed by atoms with van der Waals surface area (Å²) in [6.07, 6.45) is -0.422. The van der Waals surface area contributed by atoms with E-state index in [2.05, 4.69) is 20.2 Å². The first kappa shape index (κ1) is 14.4. The lowest BCUT2D eigenvalue weighted by molar-refractivity contribution is -0.192. The molecule has 0 aromatic carbocycles. The molecule has 0 radical (unpaired) electrons. The third-order valence-corrected chi connectivity index (χ3v) is 1.71. The van der Waals surface area contributed by atoms with Crippen molar-refractivity contribution in [2.75, 3.05) is 0 Å². The summed E-state index contributed by atoms with van der Waals surface area (Å²) in [7, 11) is 0. The van der Waals surface area contributed by atoms with Crippen LogP contribution in [0.1, 0.15) is 0 Å². The summed E-state index contributed by atoms with van der Waals surface area (Å²) < 4.78 is 31.7. The summed E-state index contributed by atoms with van der Waals surface area (Å²) in [6, 6.07) is 1.42. The third kappa shape index (κ3) is 4.61. The number of halogens is 3. The highest BCUT2D eigenvalue weighted by Gasteiger charge is 2.38. The van der Waals surface area contributed by atoms with Gasteiger partial charge in [-0.3, -0.25) is 9.89 Å². The predicted molar refractivity (Wildman–Crippen MR) is 56.1 cm³/mol. The Labute approximate surface area is 103 Å². The number of hydrogen-bond acceptors (Lipinski definition) is 4. The van der Waals surface area contributed by atoms with Crippen LogP contribution in [-0.4, -0.2) is 37.4 Å². The molecule has 0 amide bonds. The van der Waals surface area contributed by atoms with Gasteiger partial charge in [0.2, 0.25) is 0 Å². The maximum absolute atomic E-state index is 10.9. The lowest BCUT2D eigenvalue weighted by atomic mass is 10.2. The van der Waals surface area contributed by atoms with Crippen molar-refractivity contribution in [3.63, 3.8) is 0 Å². The zero-order valence-corrected chi connectivity index (χ0v) is 9.10. The van der Waals surface area contributed by atoms with Crippen molar-refractivity contribution in [3.8, 4) is 11.3 Å². The van der Waals surface area contributed by atoms with Crippen LogP contribution >= 0.6 is 0 Å². The SMILES string of the molecule is O=C(O)C(F)(F)F.O=c1cc(-c2cn[nH]c2)nc[nH]1. The fraction of sp³-hybridized carbons (Fsp3) is 0.111.